The normalized spacial score (nSPS) is 11.4. The molecule has 0 saturated carbocycles. The van der Waals surface area contributed by atoms with E-state index in [-0.39, 0.29) is 4.47 Å². The summed E-state index contributed by atoms with van der Waals surface area (Å²) in [7, 11) is 0. The second-order valence-corrected chi connectivity index (χ2v) is 3.94. The van der Waals surface area contributed by atoms with Crippen molar-refractivity contribution in [3.63, 3.8) is 0 Å². The van der Waals surface area contributed by atoms with Gasteiger partial charge >= 0.3 is 6.18 Å². The number of rotatable bonds is 2. The third kappa shape index (κ3) is 4.29. The van der Waals surface area contributed by atoms with Crippen LogP contribution in [0.2, 0.25) is 0 Å². The van der Waals surface area contributed by atoms with Crippen LogP contribution >= 0.6 is 15.9 Å². The Morgan fingerprint density at radius 3 is 2.35 bits per heavy atom. The minimum atomic E-state index is -4.70. The van der Waals surface area contributed by atoms with Gasteiger partial charge in [-0.3, -0.25) is 4.79 Å². The van der Waals surface area contributed by atoms with Gasteiger partial charge in [-0.2, -0.15) is 13.2 Å². The summed E-state index contributed by atoms with van der Waals surface area (Å²) in [6, 6.07) is 1.30. The zero-order valence-corrected chi connectivity index (χ0v) is 9.62. The van der Waals surface area contributed by atoms with Gasteiger partial charge in [0.05, 0.1) is 10.2 Å². The van der Waals surface area contributed by atoms with Crippen LogP contribution < -0.4 is 5.32 Å². The molecule has 17 heavy (non-hydrogen) atoms. The molecule has 1 amide bonds. The molecule has 1 aromatic carbocycles. The number of hydrogen-bond donors (Lipinski definition) is 1. The van der Waals surface area contributed by atoms with Gasteiger partial charge in [-0.15, -0.1) is 0 Å². The predicted octanol–water partition coefficient (Wildman–Crippen LogP) is 3.62. The van der Waals surface area contributed by atoms with Gasteiger partial charge in [0.1, 0.15) is 18.1 Å². The highest BCUT2D eigenvalue weighted by molar-refractivity contribution is 9.10. The lowest BCUT2D eigenvalue weighted by Crippen LogP contribution is -2.21. The van der Waals surface area contributed by atoms with E-state index in [0.717, 1.165) is 0 Å². The van der Waals surface area contributed by atoms with E-state index < -0.39 is 35.8 Å². The smallest absolute Gasteiger partial charge is 0.323 e. The number of hydrogen-bond acceptors (Lipinski definition) is 1. The fraction of sp³-hybridized carbons (Fsp3) is 0.222. The van der Waals surface area contributed by atoms with E-state index in [1.165, 1.54) is 0 Å². The minimum absolute atomic E-state index is 0.191. The van der Waals surface area contributed by atoms with Crippen LogP contribution in [0.1, 0.15) is 6.42 Å². The van der Waals surface area contributed by atoms with Crippen molar-refractivity contribution in [3.05, 3.63) is 28.2 Å². The lowest BCUT2D eigenvalue weighted by atomic mass is 10.3. The molecule has 1 rings (SSSR count). The average molecular weight is 318 g/mol. The molecule has 0 aliphatic carbocycles. The van der Waals surface area contributed by atoms with Crippen LogP contribution in [0.5, 0.6) is 0 Å². The second kappa shape index (κ2) is 4.99. The molecule has 8 heteroatoms. The van der Waals surface area contributed by atoms with Crippen LogP contribution in [-0.2, 0) is 4.79 Å². The molecule has 1 N–H and O–H groups in total. The molecule has 0 aromatic heterocycles. The summed E-state index contributed by atoms with van der Waals surface area (Å²) in [6.45, 7) is 0. The van der Waals surface area contributed by atoms with Crippen molar-refractivity contribution in [3.8, 4) is 0 Å². The van der Waals surface area contributed by atoms with Gasteiger partial charge in [0.25, 0.3) is 0 Å². The lowest BCUT2D eigenvalue weighted by molar-refractivity contribution is -0.150. The zero-order valence-electron chi connectivity index (χ0n) is 8.04. The SMILES string of the molecule is O=C(CC(F)(F)F)Nc1cc(F)c(Br)cc1F. The summed E-state index contributed by atoms with van der Waals surface area (Å²) in [5.41, 5.74) is -0.639. The highest BCUT2D eigenvalue weighted by atomic mass is 79.9. The highest BCUT2D eigenvalue weighted by Gasteiger charge is 2.31. The Bertz CT molecular complexity index is 446. The predicted molar refractivity (Wildman–Crippen MR) is 53.4 cm³/mol. The van der Waals surface area contributed by atoms with Crippen LogP contribution in [-0.4, -0.2) is 12.1 Å². The van der Waals surface area contributed by atoms with Crippen LogP contribution in [0.4, 0.5) is 27.6 Å². The number of alkyl halides is 3. The van der Waals surface area contributed by atoms with E-state index in [4.69, 9.17) is 0 Å². The first-order valence-electron chi connectivity index (χ1n) is 4.20. The minimum Gasteiger partial charge on any atom is -0.323 e. The lowest BCUT2D eigenvalue weighted by Gasteiger charge is -2.09. The van der Waals surface area contributed by atoms with Crippen molar-refractivity contribution in [1.82, 2.24) is 0 Å². The molecule has 2 nitrogen and oxygen atoms in total. The molecule has 1 aromatic rings. The first-order chi connectivity index (χ1) is 7.69. The third-order valence-electron chi connectivity index (χ3n) is 1.65. The molecule has 0 heterocycles. The molecule has 0 aliphatic rings. The molecule has 0 bridgehead atoms. The Morgan fingerprint density at radius 1 is 1.24 bits per heavy atom. The molecule has 0 aliphatic heterocycles. The molecular weight excluding hydrogens is 313 g/mol. The van der Waals surface area contributed by atoms with Crippen LogP contribution in [0.25, 0.3) is 0 Å². The number of anilines is 1. The molecule has 0 radical (unpaired) electrons. The maximum absolute atomic E-state index is 13.1. The number of nitrogens with one attached hydrogen (secondary N) is 1. The summed E-state index contributed by atoms with van der Waals surface area (Å²) < 4.78 is 61.4. The fourth-order valence-electron chi connectivity index (χ4n) is 0.995. The number of carbonyl (C=O) groups is 1. The third-order valence-corrected chi connectivity index (χ3v) is 2.25. The number of benzene rings is 1. The molecule has 0 saturated heterocycles. The van der Waals surface area contributed by atoms with Crippen molar-refractivity contribution in [2.45, 2.75) is 12.6 Å². The Labute approximate surface area is 101 Å². The summed E-state index contributed by atoms with van der Waals surface area (Å²) in [6.07, 6.45) is -6.46. The van der Waals surface area contributed by atoms with Gasteiger partial charge in [-0.05, 0) is 22.0 Å². The van der Waals surface area contributed by atoms with Gasteiger partial charge < -0.3 is 5.32 Å². The Balaban J connectivity index is 2.82. The maximum atomic E-state index is 13.1. The van der Waals surface area contributed by atoms with E-state index in [0.29, 0.717) is 12.1 Å². The van der Waals surface area contributed by atoms with E-state index >= 15 is 0 Å². The van der Waals surface area contributed by atoms with E-state index in [2.05, 4.69) is 15.9 Å². The standard InChI is InChI=1S/C9H5BrF5NO/c10-4-1-6(12)7(2-5(4)11)16-8(17)3-9(13,14)15/h1-2H,3H2,(H,16,17). The summed E-state index contributed by atoms with van der Waals surface area (Å²) in [5, 5.41) is 1.64. The van der Waals surface area contributed by atoms with E-state index in [9.17, 15) is 26.7 Å². The number of amides is 1. The summed E-state index contributed by atoms with van der Waals surface area (Å²) in [5.74, 6) is -3.39. The largest absolute Gasteiger partial charge is 0.397 e. The van der Waals surface area contributed by atoms with Crippen molar-refractivity contribution in [2.24, 2.45) is 0 Å². The van der Waals surface area contributed by atoms with Gasteiger partial charge in [-0.25, -0.2) is 8.78 Å². The summed E-state index contributed by atoms with van der Waals surface area (Å²) >= 11 is 2.69. The van der Waals surface area contributed by atoms with E-state index in [1.807, 2.05) is 0 Å². The van der Waals surface area contributed by atoms with Crippen molar-refractivity contribution >= 4 is 27.5 Å². The van der Waals surface area contributed by atoms with Gasteiger partial charge in [0.2, 0.25) is 5.91 Å². The fourth-order valence-corrected chi connectivity index (χ4v) is 1.31. The topological polar surface area (TPSA) is 29.1 Å². The summed E-state index contributed by atoms with van der Waals surface area (Å²) in [4.78, 5) is 10.8. The van der Waals surface area contributed by atoms with Crippen LogP contribution in [0.15, 0.2) is 16.6 Å². The highest BCUT2D eigenvalue weighted by Crippen LogP contribution is 2.25. The first kappa shape index (κ1) is 13.9. The molecule has 0 unspecified atom stereocenters. The van der Waals surface area contributed by atoms with Gasteiger partial charge in [0, 0.05) is 6.07 Å². The maximum Gasteiger partial charge on any atom is 0.397 e. The zero-order chi connectivity index (χ0) is 13.2. The molecular formula is C9H5BrF5NO. The molecule has 0 atom stereocenters. The van der Waals surface area contributed by atoms with E-state index in [1.54, 1.807) is 5.32 Å². The van der Waals surface area contributed by atoms with Crippen molar-refractivity contribution in [2.75, 3.05) is 5.32 Å². The average Bonchev–Trinajstić information content (AvgIpc) is 2.11. The Morgan fingerprint density at radius 2 is 1.82 bits per heavy atom. The Kier molecular flexibility index (Phi) is 4.07. The van der Waals surface area contributed by atoms with Gasteiger partial charge in [0.15, 0.2) is 0 Å². The van der Waals surface area contributed by atoms with Crippen molar-refractivity contribution in [1.29, 1.82) is 0 Å². The van der Waals surface area contributed by atoms with Gasteiger partial charge in [-0.1, -0.05) is 0 Å². The Hall–Kier alpha value is -1.18. The quantitative estimate of drug-likeness (QED) is 0.655. The van der Waals surface area contributed by atoms with Crippen LogP contribution in [0.3, 0.4) is 0 Å². The number of carbonyl (C=O) groups excluding carboxylic acids is 1. The molecule has 0 spiro atoms. The molecule has 0 fully saturated rings. The number of halogens is 6. The first-order valence-corrected chi connectivity index (χ1v) is 4.99. The van der Waals surface area contributed by atoms with Crippen LogP contribution in [0, 0.1) is 11.6 Å². The molecule has 94 valence electrons. The second-order valence-electron chi connectivity index (χ2n) is 3.09. The van der Waals surface area contributed by atoms with Crippen molar-refractivity contribution < 1.29 is 26.7 Å². The monoisotopic (exact) mass is 317 g/mol.